The molecule has 0 aliphatic heterocycles. The highest BCUT2D eigenvalue weighted by molar-refractivity contribution is 9.09. The third-order valence-corrected chi connectivity index (χ3v) is 3.11. The Hall–Kier alpha value is -0.830. The second-order valence-electron chi connectivity index (χ2n) is 3.07. The van der Waals surface area contributed by atoms with Gasteiger partial charge in [-0.3, -0.25) is 4.79 Å². The number of carbonyl (C=O) groups excluding carboxylic acids is 1. The summed E-state index contributed by atoms with van der Waals surface area (Å²) < 4.78 is 5.01. The number of fused-ring (bicyclic) bond motifs is 1. The van der Waals surface area contributed by atoms with Crippen molar-refractivity contribution in [3.8, 4) is 0 Å². The van der Waals surface area contributed by atoms with Gasteiger partial charge < -0.3 is 4.74 Å². The van der Waals surface area contributed by atoms with Gasteiger partial charge in [-0.15, -0.1) is 0 Å². The molecular weight excluding hydrogens is 232 g/mol. The standard InChI is InChI=1S/C10H9BrO2/c11-9-5-7-3-1-2-4-8(7)10(9)13-6-12/h1-4,6,9-10H,5H2/t9-,10-/m0/s1. The fourth-order valence-electron chi connectivity index (χ4n) is 1.73. The lowest BCUT2D eigenvalue weighted by Gasteiger charge is -2.12. The van der Waals surface area contributed by atoms with Gasteiger partial charge in [-0.2, -0.15) is 0 Å². The summed E-state index contributed by atoms with van der Waals surface area (Å²) in [6.07, 6.45) is 0.808. The monoisotopic (exact) mass is 240 g/mol. The first-order valence-electron chi connectivity index (χ1n) is 4.14. The summed E-state index contributed by atoms with van der Waals surface area (Å²) in [5.41, 5.74) is 2.38. The average molecular weight is 241 g/mol. The summed E-state index contributed by atoms with van der Waals surface area (Å²) in [6.45, 7) is 0.515. The summed E-state index contributed by atoms with van der Waals surface area (Å²) >= 11 is 3.50. The summed E-state index contributed by atoms with van der Waals surface area (Å²) in [4.78, 5) is 10.5. The van der Waals surface area contributed by atoms with Crippen LogP contribution in [0, 0.1) is 0 Å². The molecule has 0 bridgehead atoms. The number of carbonyl (C=O) groups is 1. The predicted octanol–water partition coefficient (Wildman–Crippen LogP) is 2.22. The van der Waals surface area contributed by atoms with E-state index >= 15 is 0 Å². The maximum atomic E-state index is 10.3. The Balaban J connectivity index is 2.34. The minimum absolute atomic E-state index is 0.117. The van der Waals surface area contributed by atoms with Crippen molar-refractivity contribution in [1.29, 1.82) is 0 Å². The van der Waals surface area contributed by atoms with Gasteiger partial charge >= 0.3 is 0 Å². The first kappa shape index (κ1) is 8.75. The Morgan fingerprint density at radius 3 is 3.00 bits per heavy atom. The highest BCUT2D eigenvalue weighted by atomic mass is 79.9. The number of benzene rings is 1. The molecule has 0 amide bonds. The zero-order chi connectivity index (χ0) is 9.26. The minimum atomic E-state index is -0.117. The van der Waals surface area contributed by atoms with Crippen LogP contribution < -0.4 is 0 Å². The summed E-state index contributed by atoms with van der Waals surface area (Å²) in [5.74, 6) is 0. The Morgan fingerprint density at radius 1 is 1.46 bits per heavy atom. The molecule has 0 heterocycles. The highest BCUT2D eigenvalue weighted by Gasteiger charge is 2.31. The first-order chi connectivity index (χ1) is 6.33. The van der Waals surface area contributed by atoms with E-state index in [9.17, 15) is 4.79 Å². The molecule has 2 atom stereocenters. The van der Waals surface area contributed by atoms with Crippen molar-refractivity contribution in [2.24, 2.45) is 0 Å². The van der Waals surface area contributed by atoms with E-state index in [0.717, 1.165) is 12.0 Å². The quantitative estimate of drug-likeness (QED) is 0.586. The van der Waals surface area contributed by atoms with Crippen molar-refractivity contribution in [3.05, 3.63) is 35.4 Å². The molecule has 1 aromatic carbocycles. The lowest BCUT2D eigenvalue weighted by molar-refractivity contribution is -0.133. The molecule has 3 heteroatoms. The van der Waals surface area contributed by atoms with Gasteiger partial charge in [0, 0.05) is 0 Å². The average Bonchev–Trinajstić information content (AvgIpc) is 2.44. The van der Waals surface area contributed by atoms with Gasteiger partial charge in [-0.25, -0.2) is 0 Å². The van der Waals surface area contributed by atoms with Crippen molar-refractivity contribution in [1.82, 2.24) is 0 Å². The van der Waals surface area contributed by atoms with Crippen LogP contribution in [0.4, 0.5) is 0 Å². The van der Waals surface area contributed by atoms with Crippen molar-refractivity contribution in [2.75, 3.05) is 0 Å². The summed E-state index contributed by atoms with van der Waals surface area (Å²) in [5, 5.41) is 0. The topological polar surface area (TPSA) is 26.3 Å². The zero-order valence-electron chi connectivity index (χ0n) is 6.94. The molecule has 1 aliphatic rings. The molecule has 0 saturated carbocycles. The smallest absolute Gasteiger partial charge is 0.293 e. The van der Waals surface area contributed by atoms with Gasteiger partial charge in [0.2, 0.25) is 0 Å². The second-order valence-corrected chi connectivity index (χ2v) is 4.25. The van der Waals surface area contributed by atoms with Crippen LogP contribution in [0.15, 0.2) is 24.3 Å². The molecule has 1 aromatic rings. The van der Waals surface area contributed by atoms with E-state index in [2.05, 4.69) is 22.0 Å². The maximum Gasteiger partial charge on any atom is 0.293 e. The van der Waals surface area contributed by atoms with Gasteiger partial charge in [0.15, 0.2) is 0 Å². The lowest BCUT2D eigenvalue weighted by Crippen LogP contribution is -2.09. The van der Waals surface area contributed by atoms with Gasteiger partial charge in [0.05, 0.1) is 4.83 Å². The molecule has 0 fully saturated rings. The largest absolute Gasteiger partial charge is 0.458 e. The van der Waals surface area contributed by atoms with Crippen LogP contribution >= 0.6 is 15.9 Å². The van der Waals surface area contributed by atoms with Gasteiger partial charge in [0.1, 0.15) is 6.10 Å². The van der Waals surface area contributed by atoms with Crippen LogP contribution in [0.25, 0.3) is 0 Å². The van der Waals surface area contributed by atoms with Crippen molar-refractivity contribution < 1.29 is 9.53 Å². The molecule has 0 radical (unpaired) electrons. The maximum absolute atomic E-state index is 10.3. The number of alkyl halides is 1. The van der Waals surface area contributed by atoms with Crippen molar-refractivity contribution >= 4 is 22.4 Å². The molecule has 13 heavy (non-hydrogen) atoms. The Bertz CT molecular complexity index is 324. The molecule has 2 nitrogen and oxygen atoms in total. The lowest BCUT2D eigenvalue weighted by atomic mass is 10.1. The van der Waals surface area contributed by atoms with E-state index in [0.29, 0.717) is 6.47 Å². The Kier molecular flexibility index (Phi) is 2.36. The number of ether oxygens (including phenoxy) is 1. The molecule has 1 aliphatic carbocycles. The molecule has 68 valence electrons. The number of hydrogen-bond acceptors (Lipinski definition) is 2. The van der Waals surface area contributed by atoms with Crippen LogP contribution in [0.2, 0.25) is 0 Å². The van der Waals surface area contributed by atoms with E-state index < -0.39 is 0 Å². The minimum Gasteiger partial charge on any atom is -0.458 e. The molecule has 0 spiro atoms. The molecular formula is C10H9BrO2. The highest BCUT2D eigenvalue weighted by Crippen LogP contribution is 2.37. The van der Waals surface area contributed by atoms with E-state index in [1.54, 1.807) is 0 Å². The second kappa shape index (κ2) is 3.50. The van der Waals surface area contributed by atoms with Crippen LogP contribution in [-0.2, 0) is 16.0 Å². The summed E-state index contributed by atoms with van der Waals surface area (Å²) in [6, 6.07) is 8.04. The van der Waals surface area contributed by atoms with Crippen LogP contribution in [-0.4, -0.2) is 11.3 Å². The van der Waals surface area contributed by atoms with E-state index in [4.69, 9.17) is 4.74 Å². The van der Waals surface area contributed by atoms with E-state index in [1.165, 1.54) is 5.56 Å². The van der Waals surface area contributed by atoms with Crippen LogP contribution in [0.1, 0.15) is 17.2 Å². The predicted molar refractivity (Wildman–Crippen MR) is 52.8 cm³/mol. The first-order valence-corrected chi connectivity index (χ1v) is 5.05. The molecule has 0 aromatic heterocycles. The van der Waals surface area contributed by atoms with Crippen molar-refractivity contribution in [3.63, 3.8) is 0 Å². The normalized spacial score (nSPS) is 25.3. The van der Waals surface area contributed by atoms with E-state index in [-0.39, 0.29) is 10.9 Å². The number of rotatable bonds is 2. The van der Waals surface area contributed by atoms with Crippen LogP contribution in [0.5, 0.6) is 0 Å². The fraction of sp³-hybridized carbons (Fsp3) is 0.300. The Morgan fingerprint density at radius 2 is 2.23 bits per heavy atom. The van der Waals surface area contributed by atoms with Gasteiger partial charge in [-0.05, 0) is 17.5 Å². The molecule has 0 saturated heterocycles. The molecule has 0 unspecified atom stereocenters. The van der Waals surface area contributed by atoms with E-state index in [1.807, 2.05) is 18.2 Å². The third-order valence-electron chi connectivity index (χ3n) is 2.31. The zero-order valence-corrected chi connectivity index (χ0v) is 8.53. The number of halogens is 1. The number of hydrogen-bond donors (Lipinski definition) is 0. The van der Waals surface area contributed by atoms with Crippen LogP contribution in [0.3, 0.4) is 0 Å². The Labute approximate surface area is 85.0 Å². The molecule has 2 rings (SSSR count). The fourth-order valence-corrected chi connectivity index (χ4v) is 2.49. The SMILES string of the molecule is O=CO[C@H]1c2ccccc2C[C@@H]1Br. The molecule has 0 N–H and O–H groups in total. The summed E-state index contributed by atoms with van der Waals surface area (Å²) in [7, 11) is 0. The third kappa shape index (κ3) is 1.48. The van der Waals surface area contributed by atoms with Gasteiger partial charge in [0.25, 0.3) is 6.47 Å². The van der Waals surface area contributed by atoms with Crippen molar-refractivity contribution in [2.45, 2.75) is 17.4 Å². The van der Waals surface area contributed by atoms with Gasteiger partial charge in [-0.1, -0.05) is 40.2 Å².